The normalized spacial score (nSPS) is 11.8. The van der Waals surface area contributed by atoms with Crippen LogP contribution in [-0.4, -0.2) is 27.4 Å². The van der Waals surface area contributed by atoms with Crippen LogP contribution in [0.25, 0.3) is 11.3 Å². The molecule has 0 saturated carbocycles. The zero-order valence-corrected chi connectivity index (χ0v) is 11.7. The van der Waals surface area contributed by atoms with Gasteiger partial charge in [-0.2, -0.15) is 5.10 Å². The molecule has 1 aromatic heterocycles. The maximum absolute atomic E-state index is 9.68. The van der Waals surface area contributed by atoms with Crippen molar-refractivity contribution in [2.75, 3.05) is 6.54 Å². The van der Waals surface area contributed by atoms with E-state index in [1.807, 2.05) is 6.20 Å². The summed E-state index contributed by atoms with van der Waals surface area (Å²) >= 11 is 0. The molecule has 1 heterocycles. The smallest absolute Gasteiger partial charge is 0.0715 e. The van der Waals surface area contributed by atoms with Gasteiger partial charge in [-0.3, -0.25) is 5.10 Å². The van der Waals surface area contributed by atoms with Gasteiger partial charge in [-0.1, -0.05) is 29.8 Å². The second-order valence-electron chi connectivity index (χ2n) is 5.55. The van der Waals surface area contributed by atoms with E-state index in [2.05, 4.69) is 46.7 Å². The Morgan fingerprint density at radius 3 is 2.58 bits per heavy atom. The van der Waals surface area contributed by atoms with Crippen LogP contribution in [0, 0.1) is 6.92 Å². The van der Waals surface area contributed by atoms with E-state index in [9.17, 15) is 5.11 Å². The van der Waals surface area contributed by atoms with Crippen LogP contribution >= 0.6 is 0 Å². The Balaban J connectivity index is 2.07. The average Bonchev–Trinajstić information content (AvgIpc) is 2.77. The van der Waals surface area contributed by atoms with Crippen molar-refractivity contribution in [1.82, 2.24) is 15.5 Å². The quantitative estimate of drug-likeness (QED) is 0.771. The summed E-state index contributed by atoms with van der Waals surface area (Å²) in [6, 6.07) is 8.35. The van der Waals surface area contributed by atoms with Crippen LogP contribution in [0.1, 0.15) is 25.0 Å². The van der Waals surface area contributed by atoms with Crippen molar-refractivity contribution in [2.24, 2.45) is 0 Å². The molecule has 4 nitrogen and oxygen atoms in total. The first-order chi connectivity index (χ1) is 8.96. The summed E-state index contributed by atoms with van der Waals surface area (Å²) in [6.45, 7) is 6.88. The number of aromatic nitrogens is 2. The number of hydrogen-bond acceptors (Lipinski definition) is 3. The molecule has 0 spiro atoms. The molecule has 0 atom stereocenters. The number of H-pyrrole nitrogens is 1. The third kappa shape index (κ3) is 3.91. The van der Waals surface area contributed by atoms with Gasteiger partial charge >= 0.3 is 0 Å². The molecule has 0 unspecified atom stereocenters. The van der Waals surface area contributed by atoms with E-state index in [1.54, 1.807) is 13.8 Å². The molecule has 19 heavy (non-hydrogen) atoms. The molecule has 0 aliphatic heterocycles. The van der Waals surface area contributed by atoms with E-state index in [1.165, 1.54) is 5.56 Å². The molecule has 0 bridgehead atoms. The van der Waals surface area contributed by atoms with Gasteiger partial charge in [-0.15, -0.1) is 0 Å². The van der Waals surface area contributed by atoms with Gasteiger partial charge in [-0.05, 0) is 26.3 Å². The highest BCUT2D eigenvalue weighted by Crippen LogP contribution is 2.21. The van der Waals surface area contributed by atoms with E-state index in [0.717, 1.165) is 16.8 Å². The molecular formula is C15H21N3O. The van der Waals surface area contributed by atoms with Crippen LogP contribution in [-0.2, 0) is 6.54 Å². The molecule has 0 saturated heterocycles. The Bertz CT molecular complexity index is 523. The molecule has 0 fully saturated rings. The van der Waals surface area contributed by atoms with Gasteiger partial charge in [0.15, 0.2) is 0 Å². The Hall–Kier alpha value is -1.65. The monoisotopic (exact) mass is 259 g/mol. The first-order valence-electron chi connectivity index (χ1n) is 6.48. The minimum absolute atomic E-state index is 0.547. The van der Waals surface area contributed by atoms with Gasteiger partial charge in [0.05, 0.1) is 17.5 Å². The predicted octanol–water partition coefficient (Wildman–Crippen LogP) is 2.25. The Labute approximate surface area is 113 Å². The lowest BCUT2D eigenvalue weighted by Crippen LogP contribution is -2.34. The number of hydrogen-bond donors (Lipinski definition) is 3. The van der Waals surface area contributed by atoms with Crippen LogP contribution in [0.2, 0.25) is 0 Å². The number of aryl methyl sites for hydroxylation is 1. The molecule has 3 N–H and O–H groups in total. The fraction of sp³-hybridized carbons (Fsp3) is 0.400. The summed E-state index contributed by atoms with van der Waals surface area (Å²) in [5.74, 6) is 0. The molecule has 0 aliphatic rings. The van der Waals surface area contributed by atoms with Crippen molar-refractivity contribution in [3.8, 4) is 11.3 Å². The van der Waals surface area contributed by atoms with Gasteiger partial charge in [-0.25, -0.2) is 0 Å². The zero-order chi connectivity index (χ0) is 13.9. The largest absolute Gasteiger partial charge is 0.389 e. The molecule has 0 radical (unpaired) electrons. The maximum Gasteiger partial charge on any atom is 0.0715 e. The molecule has 1 aromatic carbocycles. The first kappa shape index (κ1) is 13.8. The van der Waals surface area contributed by atoms with E-state index in [-0.39, 0.29) is 0 Å². The highest BCUT2D eigenvalue weighted by atomic mass is 16.3. The third-order valence-corrected chi connectivity index (χ3v) is 2.93. The summed E-state index contributed by atoms with van der Waals surface area (Å²) in [7, 11) is 0. The molecule has 0 aliphatic carbocycles. The standard InChI is InChI=1S/C15H21N3O/c1-11-4-6-12(7-5-11)14-13(9-17-18-14)8-16-10-15(2,3)19/h4-7,9,16,19H,8,10H2,1-3H3,(H,17,18). The second kappa shape index (κ2) is 5.55. The van der Waals surface area contributed by atoms with Gasteiger partial charge < -0.3 is 10.4 Å². The Kier molecular flexibility index (Phi) is 4.02. The van der Waals surface area contributed by atoms with E-state index >= 15 is 0 Å². The van der Waals surface area contributed by atoms with Gasteiger partial charge in [0, 0.05) is 18.7 Å². The summed E-state index contributed by atoms with van der Waals surface area (Å²) in [4.78, 5) is 0. The van der Waals surface area contributed by atoms with Crippen LogP contribution in [0.4, 0.5) is 0 Å². The van der Waals surface area contributed by atoms with Crippen molar-refractivity contribution in [1.29, 1.82) is 0 Å². The number of benzene rings is 1. The van der Waals surface area contributed by atoms with Crippen molar-refractivity contribution >= 4 is 0 Å². The van der Waals surface area contributed by atoms with Gasteiger partial charge in [0.1, 0.15) is 0 Å². The van der Waals surface area contributed by atoms with Crippen molar-refractivity contribution < 1.29 is 5.11 Å². The third-order valence-electron chi connectivity index (χ3n) is 2.93. The van der Waals surface area contributed by atoms with Crippen LogP contribution in [0.5, 0.6) is 0 Å². The number of aromatic amines is 1. The lowest BCUT2D eigenvalue weighted by molar-refractivity contribution is 0.0795. The minimum atomic E-state index is -0.701. The zero-order valence-electron chi connectivity index (χ0n) is 11.7. The fourth-order valence-corrected chi connectivity index (χ4v) is 1.92. The van der Waals surface area contributed by atoms with E-state index < -0.39 is 5.60 Å². The average molecular weight is 259 g/mol. The summed E-state index contributed by atoms with van der Waals surface area (Å²) in [6.07, 6.45) is 1.83. The topological polar surface area (TPSA) is 60.9 Å². The Morgan fingerprint density at radius 2 is 1.95 bits per heavy atom. The minimum Gasteiger partial charge on any atom is -0.389 e. The second-order valence-corrected chi connectivity index (χ2v) is 5.55. The number of nitrogens with one attached hydrogen (secondary N) is 2. The molecule has 102 valence electrons. The van der Waals surface area contributed by atoms with Crippen molar-refractivity contribution in [3.05, 3.63) is 41.6 Å². The molecule has 4 heteroatoms. The van der Waals surface area contributed by atoms with Crippen LogP contribution in [0.15, 0.2) is 30.5 Å². The van der Waals surface area contributed by atoms with Crippen LogP contribution in [0.3, 0.4) is 0 Å². The summed E-state index contributed by atoms with van der Waals surface area (Å²) in [5, 5.41) is 20.1. The number of nitrogens with zero attached hydrogens (tertiary/aromatic N) is 1. The lowest BCUT2D eigenvalue weighted by Gasteiger charge is -2.17. The number of rotatable bonds is 5. The SMILES string of the molecule is Cc1ccc(-c2[nH]ncc2CNCC(C)(C)O)cc1. The van der Waals surface area contributed by atoms with Gasteiger partial charge in [0.2, 0.25) is 0 Å². The summed E-state index contributed by atoms with van der Waals surface area (Å²) in [5.41, 5.74) is 3.80. The highest BCUT2D eigenvalue weighted by Gasteiger charge is 2.13. The molecular weight excluding hydrogens is 238 g/mol. The van der Waals surface area contributed by atoms with Crippen LogP contribution < -0.4 is 5.32 Å². The van der Waals surface area contributed by atoms with Crippen molar-refractivity contribution in [2.45, 2.75) is 32.9 Å². The molecule has 2 rings (SSSR count). The number of aliphatic hydroxyl groups is 1. The maximum atomic E-state index is 9.68. The molecule has 0 amide bonds. The van der Waals surface area contributed by atoms with E-state index in [0.29, 0.717) is 13.1 Å². The Morgan fingerprint density at radius 1 is 1.26 bits per heavy atom. The summed E-state index contributed by atoms with van der Waals surface area (Å²) < 4.78 is 0. The van der Waals surface area contributed by atoms with Gasteiger partial charge in [0.25, 0.3) is 0 Å². The van der Waals surface area contributed by atoms with Crippen molar-refractivity contribution in [3.63, 3.8) is 0 Å². The first-order valence-corrected chi connectivity index (χ1v) is 6.48. The lowest BCUT2D eigenvalue weighted by atomic mass is 10.1. The fourth-order valence-electron chi connectivity index (χ4n) is 1.92. The highest BCUT2D eigenvalue weighted by molar-refractivity contribution is 5.62. The predicted molar refractivity (Wildman–Crippen MR) is 76.8 cm³/mol. The van der Waals surface area contributed by atoms with E-state index in [4.69, 9.17) is 0 Å². The molecule has 2 aromatic rings.